The van der Waals surface area contributed by atoms with Gasteiger partial charge in [0.15, 0.2) is 19.8 Å². The first-order chi connectivity index (χ1) is 20.3. The van der Waals surface area contributed by atoms with E-state index in [9.17, 15) is 9.59 Å². The van der Waals surface area contributed by atoms with Crippen LogP contribution in [0.4, 0.5) is 4.79 Å². The van der Waals surface area contributed by atoms with Crippen molar-refractivity contribution in [2.45, 2.75) is 131 Å². The van der Waals surface area contributed by atoms with Crippen LogP contribution in [0.25, 0.3) is 22.2 Å². The Balaban J connectivity index is 2.38. The van der Waals surface area contributed by atoms with Crippen LogP contribution in [0.15, 0.2) is 51.3 Å². The molecule has 9 heteroatoms. The number of allylic oxidation sites excluding steroid dienone is 2. The van der Waals surface area contributed by atoms with Gasteiger partial charge in [0.2, 0.25) is 5.43 Å². The van der Waals surface area contributed by atoms with E-state index in [0.717, 1.165) is 10.9 Å². The average molecular weight is 654 g/mol. The number of ether oxygens (including phenoxy) is 1. The topological polar surface area (TPSA) is 79.9 Å². The highest BCUT2D eigenvalue weighted by Gasteiger charge is 2.41. The second kappa shape index (κ2) is 12.7. The van der Waals surface area contributed by atoms with Crippen LogP contribution in [0.1, 0.15) is 87.5 Å². The van der Waals surface area contributed by atoms with Gasteiger partial charge in [-0.3, -0.25) is 9.36 Å². The summed E-state index contributed by atoms with van der Waals surface area (Å²) >= 11 is 0. The normalized spacial score (nSPS) is 13.2. The van der Waals surface area contributed by atoms with E-state index in [1.165, 1.54) is 11.6 Å². The first-order valence-corrected chi connectivity index (χ1v) is 21.7. The van der Waals surface area contributed by atoms with Gasteiger partial charge in [-0.1, -0.05) is 71.4 Å². The Morgan fingerprint density at radius 3 is 2.07 bits per heavy atom. The summed E-state index contributed by atoms with van der Waals surface area (Å²) in [5, 5.41) is 0.596. The Morgan fingerprint density at radius 2 is 1.53 bits per heavy atom. The molecule has 7 nitrogen and oxygen atoms in total. The molecule has 0 saturated heterocycles. The zero-order valence-electron chi connectivity index (χ0n) is 30.3. The fraction of sp³-hybridized carbons (Fsp3) is 0.556. The number of carbonyl (C=O) groups excluding carboxylic acids is 1. The Bertz CT molecular complexity index is 1640. The molecular formula is C36H55NO6Si2. The molecule has 0 saturated carbocycles. The summed E-state index contributed by atoms with van der Waals surface area (Å²) in [5.74, 6) is 0.879. The molecule has 45 heavy (non-hydrogen) atoms. The summed E-state index contributed by atoms with van der Waals surface area (Å²) in [7, 11) is -4.61. The lowest BCUT2D eigenvalue weighted by molar-refractivity contribution is 0.0544. The minimum Gasteiger partial charge on any atom is -0.538 e. The average Bonchev–Trinajstić information content (AvgIpc) is 3.25. The summed E-state index contributed by atoms with van der Waals surface area (Å²) in [6.07, 6.45) is 3.98. The smallest absolute Gasteiger partial charge is 0.419 e. The van der Waals surface area contributed by atoms with Crippen molar-refractivity contribution >= 4 is 33.6 Å². The standard InChI is InChI=1S/C36H55NO6Si2/c1-24(2)19-20-25-17-16-18-27-28(22-37(30(25)27)33(39)42-34(3,4)5)31-32(43-45(14,15)36(9,10)11)29(38)21-26(41-31)23-40-44(12,13)35(6,7)8/h16-19,21-22H,20,23H2,1-15H3. The molecule has 0 unspecified atom stereocenters. The summed E-state index contributed by atoms with van der Waals surface area (Å²) in [6, 6.07) is 7.42. The van der Waals surface area contributed by atoms with E-state index in [0.29, 0.717) is 29.0 Å². The number of carbonyl (C=O) groups is 1. The van der Waals surface area contributed by atoms with E-state index in [1.807, 2.05) is 39.0 Å². The zero-order valence-corrected chi connectivity index (χ0v) is 32.3. The molecule has 248 valence electrons. The molecule has 0 fully saturated rings. The fourth-order valence-corrected chi connectivity index (χ4v) is 6.17. The van der Waals surface area contributed by atoms with Crippen LogP contribution in [0.5, 0.6) is 5.75 Å². The summed E-state index contributed by atoms with van der Waals surface area (Å²) in [4.78, 5) is 27.6. The number of hydrogen-bond donors (Lipinski definition) is 0. The second-order valence-electron chi connectivity index (χ2n) is 16.3. The largest absolute Gasteiger partial charge is 0.538 e. The van der Waals surface area contributed by atoms with Crippen LogP contribution in [0.2, 0.25) is 36.3 Å². The van der Waals surface area contributed by atoms with Crippen molar-refractivity contribution in [1.29, 1.82) is 0 Å². The highest BCUT2D eigenvalue weighted by atomic mass is 28.4. The van der Waals surface area contributed by atoms with Gasteiger partial charge in [0.25, 0.3) is 8.32 Å². The third-order valence-electron chi connectivity index (χ3n) is 8.97. The highest BCUT2D eigenvalue weighted by molar-refractivity contribution is 6.75. The molecule has 2 aromatic heterocycles. The van der Waals surface area contributed by atoms with E-state index in [-0.39, 0.29) is 27.9 Å². The Kier molecular flexibility index (Phi) is 10.3. The van der Waals surface area contributed by atoms with Gasteiger partial charge in [0, 0.05) is 23.2 Å². The van der Waals surface area contributed by atoms with Gasteiger partial charge in [0.05, 0.1) is 12.1 Å². The van der Waals surface area contributed by atoms with Crippen LogP contribution < -0.4 is 9.85 Å². The maximum absolute atomic E-state index is 14.0. The number of rotatable bonds is 8. The lowest BCUT2D eigenvalue weighted by atomic mass is 10.0. The molecule has 3 aromatic rings. The zero-order chi connectivity index (χ0) is 34.3. The number of fused-ring (bicyclic) bond motifs is 1. The summed E-state index contributed by atoms with van der Waals surface area (Å²) in [5.41, 5.74) is 2.46. The van der Waals surface area contributed by atoms with Gasteiger partial charge >= 0.3 is 6.09 Å². The van der Waals surface area contributed by atoms with Gasteiger partial charge in [-0.2, -0.15) is 0 Å². The lowest BCUT2D eigenvalue weighted by Crippen LogP contribution is -2.45. The van der Waals surface area contributed by atoms with Gasteiger partial charge < -0.3 is 18.0 Å². The van der Waals surface area contributed by atoms with E-state index in [1.54, 1.807) is 10.8 Å². The molecule has 1 aromatic carbocycles. The number of nitrogens with zero attached hydrogens (tertiary/aromatic N) is 1. The number of aromatic nitrogens is 1. The maximum atomic E-state index is 14.0. The van der Waals surface area contributed by atoms with Gasteiger partial charge in [-0.25, -0.2) is 4.79 Å². The highest BCUT2D eigenvalue weighted by Crippen LogP contribution is 2.43. The first kappa shape index (κ1) is 36.6. The van der Waals surface area contributed by atoms with Crippen LogP contribution >= 0.6 is 0 Å². The van der Waals surface area contributed by atoms with E-state index in [4.69, 9.17) is 18.0 Å². The summed E-state index contributed by atoms with van der Waals surface area (Å²) < 4.78 is 27.2. The van der Waals surface area contributed by atoms with Crippen molar-refractivity contribution in [3.63, 3.8) is 0 Å². The Hall–Kier alpha value is -2.89. The van der Waals surface area contributed by atoms with Crippen LogP contribution in [0.3, 0.4) is 0 Å². The number of benzene rings is 1. The Labute approximate surface area is 272 Å². The minimum absolute atomic E-state index is 0.00988. The van der Waals surface area contributed by atoms with Crippen molar-refractivity contribution in [3.05, 3.63) is 63.7 Å². The van der Waals surface area contributed by atoms with Crippen molar-refractivity contribution in [1.82, 2.24) is 4.57 Å². The third kappa shape index (κ3) is 8.48. The second-order valence-corrected chi connectivity index (χ2v) is 25.9. The minimum atomic E-state index is -2.47. The third-order valence-corrected chi connectivity index (χ3v) is 17.8. The fourth-order valence-electron chi connectivity index (χ4n) is 4.22. The first-order valence-electron chi connectivity index (χ1n) is 15.8. The number of hydrogen-bond acceptors (Lipinski definition) is 6. The molecule has 2 heterocycles. The molecule has 0 spiro atoms. The molecule has 0 N–H and O–H groups in total. The molecule has 0 radical (unpaired) electrons. The SMILES string of the molecule is CC(C)=CCc1cccc2c(-c3oc(CO[Si](C)(C)C(C)(C)C)cc(=O)c3O[Si](C)(C)C(C)(C)C)cn(C(=O)OC(C)(C)C)c12. The molecule has 0 atom stereocenters. The summed E-state index contributed by atoms with van der Waals surface area (Å²) in [6.45, 7) is 31.3. The van der Waals surface area contributed by atoms with Crippen molar-refractivity contribution in [2.24, 2.45) is 0 Å². The molecule has 3 rings (SSSR count). The van der Waals surface area contributed by atoms with E-state index >= 15 is 0 Å². The maximum Gasteiger partial charge on any atom is 0.419 e. The molecule has 0 bridgehead atoms. The predicted octanol–water partition coefficient (Wildman–Crippen LogP) is 10.5. The van der Waals surface area contributed by atoms with Crippen molar-refractivity contribution < 1.29 is 22.8 Å². The van der Waals surface area contributed by atoms with Crippen LogP contribution in [0, 0.1) is 0 Å². The molecule has 0 aliphatic rings. The van der Waals surface area contributed by atoms with Crippen LogP contribution in [-0.4, -0.2) is 32.9 Å². The van der Waals surface area contributed by atoms with Crippen molar-refractivity contribution in [3.8, 4) is 17.1 Å². The number of para-hydroxylation sites is 1. The lowest BCUT2D eigenvalue weighted by Gasteiger charge is -2.36. The molecule has 0 aliphatic heterocycles. The predicted molar refractivity (Wildman–Crippen MR) is 190 cm³/mol. The molecule has 0 amide bonds. The van der Waals surface area contributed by atoms with Crippen molar-refractivity contribution in [2.75, 3.05) is 0 Å². The molecular weight excluding hydrogens is 599 g/mol. The van der Waals surface area contributed by atoms with Crippen LogP contribution in [-0.2, 0) is 22.2 Å². The van der Waals surface area contributed by atoms with Gasteiger partial charge in [-0.15, -0.1) is 0 Å². The quantitative estimate of drug-likeness (QED) is 0.178. The Morgan fingerprint density at radius 1 is 0.933 bits per heavy atom. The van der Waals surface area contributed by atoms with Gasteiger partial charge in [0.1, 0.15) is 11.4 Å². The molecule has 0 aliphatic carbocycles. The monoisotopic (exact) mass is 653 g/mol. The van der Waals surface area contributed by atoms with E-state index < -0.39 is 28.3 Å². The van der Waals surface area contributed by atoms with E-state index in [2.05, 4.69) is 87.7 Å². The van der Waals surface area contributed by atoms with Gasteiger partial charge in [-0.05, 0) is 82.9 Å².